The Morgan fingerprint density at radius 1 is 1.03 bits per heavy atom. The number of carbonyl (C=O) groups excluding carboxylic acids is 2. The molecular formula is C23H19N3O9. The van der Waals surface area contributed by atoms with Crippen LogP contribution in [-0.2, 0) is 14.2 Å². The SMILES string of the molecule is O=C(OCC1OC(n2cc([N+](=O)[O-])c(=O)[nH]c2=O)CC1OC(=O)c1ccccc1)c1ccccc1. The summed E-state index contributed by atoms with van der Waals surface area (Å²) in [6, 6.07) is 16.3. The topological polar surface area (TPSA) is 160 Å². The molecule has 2 aromatic carbocycles. The molecule has 1 aliphatic rings. The number of aromatic nitrogens is 2. The molecule has 1 aromatic heterocycles. The molecule has 1 aliphatic heterocycles. The number of hydrogen-bond donors (Lipinski definition) is 1. The number of ether oxygens (including phenoxy) is 3. The van der Waals surface area contributed by atoms with Gasteiger partial charge in [0, 0.05) is 6.42 Å². The Bertz CT molecular complexity index is 1350. The van der Waals surface area contributed by atoms with Crippen LogP contribution in [0.4, 0.5) is 5.69 Å². The number of nitro groups is 1. The van der Waals surface area contributed by atoms with Crippen molar-refractivity contribution in [1.82, 2.24) is 9.55 Å². The molecule has 180 valence electrons. The summed E-state index contributed by atoms with van der Waals surface area (Å²) in [6.07, 6.45) is -2.41. The van der Waals surface area contributed by atoms with Crippen molar-refractivity contribution in [3.8, 4) is 0 Å². The number of nitrogens with zero attached hydrogens (tertiary/aromatic N) is 2. The summed E-state index contributed by atoms with van der Waals surface area (Å²) in [5, 5.41) is 11.1. The Labute approximate surface area is 196 Å². The van der Waals surface area contributed by atoms with Crippen molar-refractivity contribution in [2.75, 3.05) is 6.61 Å². The van der Waals surface area contributed by atoms with E-state index in [9.17, 15) is 29.3 Å². The first-order valence-electron chi connectivity index (χ1n) is 10.5. The van der Waals surface area contributed by atoms with Crippen LogP contribution < -0.4 is 11.2 Å². The van der Waals surface area contributed by atoms with Crippen LogP contribution in [-0.4, -0.2) is 45.2 Å². The number of nitrogens with one attached hydrogen (secondary N) is 1. The van der Waals surface area contributed by atoms with Gasteiger partial charge in [-0.1, -0.05) is 36.4 Å². The molecule has 1 saturated heterocycles. The highest BCUT2D eigenvalue weighted by atomic mass is 16.6. The van der Waals surface area contributed by atoms with E-state index >= 15 is 0 Å². The van der Waals surface area contributed by atoms with Crippen LogP contribution in [0.1, 0.15) is 33.4 Å². The van der Waals surface area contributed by atoms with E-state index in [4.69, 9.17) is 14.2 Å². The fraction of sp³-hybridized carbons (Fsp3) is 0.217. The van der Waals surface area contributed by atoms with Crippen LogP contribution in [0.5, 0.6) is 0 Å². The lowest BCUT2D eigenvalue weighted by molar-refractivity contribution is -0.387. The van der Waals surface area contributed by atoms with E-state index in [1.54, 1.807) is 60.7 Å². The summed E-state index contributed by atoms with van der Waals surface area (Å²) in [6.45, 7) is -0.322. The molecule has 0 saturated carbocycles. The van der Waals surface area contributed by atoms with Crippen LogP contribution >= 0.6 is 0 Å². The van der Waals surface area contributed by atoms with Crippen LogP contribution in [0.2, 0.25) is 0 Å². The number of rotatable bonds is 7. The first kappa shape index (κ1) is 23.6. The molecule has 0 radical (unpaired) electrons. The van der Waals surface area contributed by atoms with Gasteiger partial charge in [-0.25, -0.2) is 14.4 Å². The number of hydrogen-bond acceptors (Lipinski definition) is 9. The average molecular weight is 481 g/mol. The molecule has 12 nitrogen and oxygen atoms in total. The van der Waals surface area contributed by atoms with Gasteiger partial charge in [0.15, 0.2) is 0 Å². The quantitative estimate of drug-likeness (QED) is 0.301. The molecule has 3 atom stereocenters. The molecule has 3 aromatic rings. The Kier molecular flexibility index (Phi) is 6.83. The zero-order valence-electron chi connectivity index (χ0n) is 18.1. The predicted octanol–water partition coefficient (Wildman–Crippen LogP) is 1.81. The van der Waals surface area contributed by atoms with Crippen LogP contribution in [0, 0.1) is 10.1 Å². The van der Waals surface area contributed by atoms with Crippen molar-refractivity contribution in [3.05, 3.63) is 109 Å². The lowest BCUT2D eigenvalue weighted by atomic mass is 10.1. The third-order valence-corrected chi connectivity index (χ3v) is 5.29. The summed E-state index contributed by atoms with van der Waals surface area (Å²) in [7, 11) is 0. The number of carbonyl (C=O) groups is 2. The highest BCUT2D eigenvalue weighted by molar-refractivity contribution is 5.90. The van der Waals surface area contributed by atoms with E-state index in [1.807, 2.05) is 4.98 Å². The summed E-state index contributed by atoms with van der Waals surface area (Å²) < 4.78 is 17.5. The molecule has 12 heteroatoms. The molecule has 3 unspecified atom stereocenters. The van der Waals surface area contributed by atoms with E-state index in [0.29, 0.717) is 5.56 Å². The number of benzene rings is 2. The van der Waals surface area contributed by atoms with Gasteiger partial charge in [0.05, 0.1) is 22.2 Å². The average Bonchev–Trinajstić information content (AvgIpc) is 3.25. The maximum atomic E-state index is 12.6. The van der Waals surface area contributed by atoms with Gasteiger partial charge < -0.3 is 14.2 Å². The monoisotopic (exact) mass is 481 g/mol. The Hall–Kier alpha value is -4.58. The maximum Gasteiger partial charge on any atom is 0.350 e. The third kappa shape index (κ3) is 5.33. The van der Waals surface area contributed by atoms with Crippen molar-refractivity contribution in [3.63, 3.8) is 0 Å². The van der Waals surface area contributed by atoms with Crippen LogP contribution in [0.15, 0.2) is 76.4 Å². The van der Waals surface area contributed by atoms with Gasteiger partial charge in [-0.05, 0) is 24.3 Å². The van der Waals surface area contributed by atoms with Gasteiger partial charge in [-0.2, -0.15) is 0 Å². The van der Waals surface area contributed by atoms with Gasteiger partial charge in [-0.15, -0.1) is 0 Å². The van der Waals surface area contributed by atoms with Crippen LogP contribution in [0.25, 0.3) is 0 Å². The minimum atomic E-state index is -1.16. The highest BCUT2D eigenvalue weighted by Crippen LogP contribution is 2.31. The maximum absolute atomic E-state index is 12.6. The van der Waals surface area contributed by atoms with Gasteiger partial charge in [0.2, 0.25) is 0 Å². The van der Waals surface area contributed by atoms with Crippen LogP contribution in [0.3, 0.4) is 0 Å². The third-order valence-electron chi connectivity index (χ3n) is 5.29. The number of esters is 2. The predicted molar refractivity (Wildman–Crippen MR) is 119 cm³/mol. The molecule has 35 heavy (non-hydrogen) atoms. The lowest BCUT2D eigenvalue weighted by Crippen LogP contribution is -2.33. The number of H-pyrrole nitrogens is 1. The van der Waals surface area contributed by atoms with E-state index in [0.717, 1.165) is 10.8 Å². The normalized spacial score (nSPS) is 19.1. The van der Waals surface area contributed by atoms with Gasteiger partial charge >= 0.3 is 28.9 Å². The Morgan fingerprint density at radius 2 is 1.63 bits per heavy atom. The smallest absolute Gasteiger partial charge is 0.350 e. The van der Waals surface area contributed by atoms with Gasteiger partial charge in [-0.3, -0.25) is 24.5 Å². The Morgan fingerprint density at radius 3 is 2.23 bits per heavy atom. The highest BCUT2D eigenvalue weighted by Gasteiger charge is 2.41. The second-order valence-corrected chi connectivity index (χ2v) is 7.58. The van der Waals surface area contributed by atoms with Gasteiger partial charge in [0.1, 0.15) is 25.0 Å². The molecular weight excluding hydrogens is 462 g/mol. The first-order chi connectivity index (χ1) is 16.8. The van der Waals surface area contributed by atoms with Crippen molar-refractivity contribution in [2.45, 2.75) is 24.9 Å². The fourth-order valence-electron chi connectivity index (χ4n) is 3.56. The van der Waals surface area contributed by atoms with Crippen molar-refractivity contribution >= 4 is 17.6 Å². The van der Waals surface area contributed by atoms with E-state index in [1.165, 1.54) is 0 Å². The molecule has 0 aliphatic carbocycles. The molecule has 4 rings (SSSR count). The van der Waals surface area contributed by atoms with Crippen molar-refractivity contribution < 1.29 is 28.7 Å². The van der Waals surface area contributed by atoms with E-state index in [-0.39, 0.29) is 18.6 Å². The zero-order chi connectivity index (χ0) is 24.9. The fourth-order valence-corrected chi connectivity index (χ4v) is 3.56. The second-order valence-electron chi connectivity index (χ2n) is 7.58. The minimum Gasteiger partial charge on any atom is -0.459 e. The molecule has 1 N–H and O–H groups in total. The van der Waals surface area contributed by atoms with Gasteiger partial charge in [0.25, 0.3) is 0 Å². The molecule has 0 bridgehead atoms. The standard InChI is InChI=1S/C23H19N3O9/c27-20-16(26(31)32)12-25(23(30)24-20)19-11-17(35-22(29)15-9-5-2-6-10-15)18(34-19)13-33-21(28)14-7-3-1-4-8-14/h1-10,12,17-19H,11,13H2,(H,24,27,30). The first-order valence-corrected chi connectivity index (χ1v) is 10.5. The second kappa shape index (κ2) is 10.1. The molecule has 2 heterocycles. The van der Waals surface area contributed by atoms with Crippen molar-refractivity contribution in [1.29, 1.82) is 0 Å². The molecule has 0 spiro atoms. The zero-order valence-corrected chi connectivity index (χ0v) is 18.1. The summed E-state index contributed by atoms with van der Waals surface area (Å²) in [4.78, 5) is 61.1. The molecule has 0 amide bonds. The summed E-state index contributed by atoms with van der Waals surface area (Å²) in [5.41, 5.74) is -2.39. The lowest BCUT2D eigenvalue weighted by Gasteiger charge is -2.19. The largest absolute Gasteiger partial charge is 0.459 e. The summed E-state index contributed by atoms with van der Waals surface area (Å²) >= 11 is 0. The Balaban J connectivity index is 1.57. The summed E-state index contributed by atoms with van der Waals surface area (Å²) in [5.74, 6) is -1.30. The number of aromatic amines is 1. The van der Waals surface area contributed by atoms with E-state index < -0.39 is 52.2 Å². The van der Waals surface area contributed by atoms with E-state index in [2.05, 4.69) is 0 Å². The molecule has 1 fully saturated rings. The van der Waals surface area contributed by atoms with Crippen molar-refractivity contribution in [2.24, 2.45) is 0 Å². The minimum absolute atomic E-state index is 0.0881.